The average Bonchev–Trinajstić information content (AvgIpc) is 2.89. The van der Waals surface area contributed by atoms with Gasteiger partial charge in [-0.25, -0.2) is 4.98 Å². The second kappa shape index (κ2) is 7.05. The summed E-state index contributed by atoms with van der Waals surface area (Å²) in [7, 11) is 5.62. The molecule has 2 aromatic heterocycles. The second-order valence-corrected chi connectivity index (χ2v) is 4.88. The quantitative estimate of drug-likeness (QED) is 0.833. The molecule has 20 heavy (non-hydrogen) atoms. The van der Waals surface area contributed by atoms with E-state index in [1.807, 2.05) is 37.2 Å². The largest absolute Gasteiger partial charge is 0.481 e. The molecule has 5 heteroatoms. The van der Waals surface area contributed by atoms with Crippen molar-refractivity contribution in [3.05, 3.63) is 41.9 Å². The van der Waals surface area contributed by atoms with E-state index in [0.29, 0.717) is 11.9 Å². The topological polar surface area (TPSA) is 52.0 Å². The minimum absolute atomic E-state index is 0.431. The lowest BCUT2D eigenvalue weighted by Crippen LogP contribution is -2.28. The molecule has 108 valence electrons. The van der Waals surface area contributed by atoms with Crippen LogP contribution in [0.3, 0.4) is 0 Å². The second-order valence-electron chi connectivity index (χ2n) is 4.88. The maximum atomic E-state index is 5.07. The third-order valence-electron chi connectivity index (χ3n) is 3.57. The zero-order valence-electron chi connectivity index (χ0n) is 12.3. The highest BCUT2D eigenvalue weighted by Gasteiger charge is 2.09. The molecular formula is C15H22N4O. The molecule has 0 spiro atoms. The molecule has 0 saturated carbocycles. The molecule has 0 saturated heterocycles. The highest BCUT2D eigenvalue weighted by molar-refractivity contribution is 5.18. The molecule has 0 aliphatic carbocycles. The number of likely N-dealkylation sites (N-methyl/N-ethyl adjacent to an activating group) is 1. The van der Waals surface area contributed by atoms with Crippen molar-refractivity contribution in [2.45, 2.75) is 25.3 Å². The molecule has 0 aliphatic heterocycles. The van der Waals surface area contributed by atoms with E-state index < -0.39 is 0 Å². The van der Waals surface area contributed by atoms with E-state index in [0.717, 1.165) is 19.3 Å². The molecule has 0 aromatic carbocycles. The van der Waals surface area contributed by atoms with Crippen molar-refractivity contribution < 1.29 is 4.74 Å². The fourth-order valence-corrected chi connectivity index (χ4v) is 2.25. The Kier molecular flexibility index (Phi) is 5.12. The van der Waals surface area contributed by atoms with Gasteiger partial charge in [0.2, 0.25) is 5.88 Å². The van der Waals surface area contributed by atoms with E-state index in [-0.39, 0.29) is 0 Å². The molecule has 0 fully saturated rings. The number of methoxy groups -OCH3 is 1. The first kappa shape index (κ1) is 14.5. The number of aryl methyl sites for hydroxylation is 2. The molecule has 0 amide bonds. The first-order valence-corrected chi connectivity index (χ1v) is 6.86. The van der Waals surface area contributed by atoms with Crippen molar-refractivity contribution in [3.63, 3.8) is 0 Å². The molecule has 5 nitrogen and oxygen atoms in total. The standard InChI is InChI=1S/C15H22N4O/c1-16-13(5-6-14-8-9-18-19(14)2)10-12-4-7-15(20-3)17-11-12/h4,7-9,11,13,16H,5-6,10H2,1-3H3. The number of pyridine rings is 1. The van der Waals surface area contributed by atoms with Crippen LogP contribution in [0.15, 0.2) is 30.6 Å². The summed E-state index contributed by atoms with van der Waals surface area (Å²) in [6.07, 6.45) is 6.78. The molecule has 2 aromatic rings. The molecule has 1 unspecified atom stereocenters. The summed E-state index contributed by atoms with van der Waals surface area (Å²) in [5.74, 6) is 0.657. The van der Waals surface area contributed by atoms with Crippen LogP contribution in [0.25, 0.3) is 0 Å². The highest BCUT2D eigenvalue weighted by atomic mass is 16.5. The van der Waals surface area contributed by atoms with Gasteiger partial charge in [0.1, 0.15) is 0 Å². The third kappa shape index (κ3) is 3.81. The van der Waals surface area contributed by atoms with Crippen LogP contribution in [-0.2, 0) is 19.9 Å². The van der Waals surface area contributed by atoms with Gasteiger partial charge in [-0.2, -0.15) is 5.10 Å². The van der Waals surface area contributed by atoms with E-state index in [4.69, 9.17) is 4.74 Å². The lowest BCUT2D eigenvalue weighted by molar-refractivity contribution is 0.397. The molecule has 1 N–H and O–H groups in total. The summed E-state index contributed by atoms with van der Waals surface area (Å²) in [4.78, 5) is 4.24. The van der Waals surface area contributed by atoms with Crippen LogP contribution in [0.4, 0.5) is 0 Å². The Bertz CT molecular complexity index is 521. The maximum absolute atomic E-state index is 5.07. The Morgan fingerprint density at radius 3 is 2.75 bits per heavy atom. The van der Waals surface area contributed by atoms with Gasteiger partial charge in [-0.3, -0.25) is 4.68 Å². The van der Waals surface area contributed by atoms with Crippen LogP contribution in [0, 0.1) is 0 Å². The van der Waals surface area contributed by atoms with Crippen molar-refractivity contribution in [2.75, 3.05) is 14.2 Å². The average molecular weight is 274 g/mol. The van der Waals surface area contributed by atoms with Gasteiger partial charge >= 0.3 is 0 Å². The normalized spacial score (nSPS) is 12.3. The summed E-state index contributed by atoms with van der Waals surface area (Å²) in [5.41, 5.74) is 2.48. The van der Waals surface area contributed by atoms with Crippen LogP contribution < -0.4 is 10.1 Å². The van der Waals surface area contributed by atoms with Crippen LogP contribution >= 0.6 is 0 Å². The van der Waals surface area contributed by atoms with Gasteiger partial charge in [-0.05, 0) is 37.9 Å². The Labute approximate surface area is 120 Å². The van der Waals surface area contributed by atoms with Gasteiger partial charge in [-0.1, -0.05) is 6.07 Å². The van der Waals surface area contributed by atoms with Gasteiger partial charge in [0, 0.05) is 37.2 Å². The zero-order chi connectivity index (χ0) is 14.4. The monoisotopic (exact) mass is 274 g/mol. The predicted molar refractivity (Wildman–Crippen MR) is 78.9 cm³/mol. The zero-order valence-corrected chi connectivity index (χ0v) is 12.3. The first-order valence-electron chi connectivity index (χ1n) is 6.86. The van der Waals surface area contributed by atoms with Crippen molar-refractivity contribution in [2.24, 2.45) is 7.05 Å². The van der Waals surface area contributed by atoms with Crippen LogP contribution in [-0.4, -0.2) is 35.0 Å². The lowest BCUT2D eigenvalue weighted by atomic mass is 10.0. The summed E-state index contributed by atoms with van der Waals surface area (Å²) in [6, 6.07) is 6.48. The third-order valence-corrected chi connectivity index (χ3v) is 3.57. The van der Waals surface area contributed by atoms with Crippen molar-refractivity contribution in [3.8, 4) is 5.88 Å². The number of ether oxygens (including phenoxy) is 1. The maximum Gasteiger partial charge on any atom is 0.212 e. The van der Waals surface area contributed by atoms with E-state index >= 15 is 0 Å². The molecule has 2 rings (SSSR count). The first-order chi connectivity index (χ1) is 9.72. The summed E-state index contributed by atoms with van der Waals surface area (Å²) >= 11 is 0. The fourth-order valence-electron chi connectivity index (χ4n) is 2.25. The van der Waals surface area contributed by atoms with E-state index in [1.165, 1.54) is 11.3 Å². The Morgan fingerprint density at radius 2 is 2.20 bits per heavy atom. The van der Waals surface area contributed by atoms with E-state index in [9.17, 15) is 0 Å². The number of nitrogens with zero attached hydrogens (tertiary/aromatic N) is 3. The van der Waals surface area contributed by atoms with Crippen molar-refractivity contribution >= 4 is 0 Å². The Hall–Kier alpha value is -1.88. The van der Waals surface area contributed by atoms with Gasteiger partial charge in [0.25, 0.3) is 0 Å². The molecule has 1 atom stereocenters. The van der Waals surface area contributed by atoms with Crippen LogP contribution in [0.5, 0.6) is 5.88 Å². The minimum atomic E-state index is 0.431. The van der Waals surface area contributed by atoms with Gasteiger partial charge in [0.15, 0.2) is 0 Å². The minimum Gasteiger partial charge on any atom is -0.481 e. The molecule has 2 heterocycles. The van der Waals surface area contributed by atoms with E-state index in [2.05, 4.69) is 27.5 Å². The Morgan fingerprint density at radius 1 is 1.35 bits per heavy atom. The number of aromatic nitrogens is 3. The van der Waals surface area contributed by atoms with Crippen LogP contribution in [0.1, 0.15) is 17.7 Å². The molecule has 0 bridgehead atoms. The summed E-state index contributed by atoms with van der Waals surface area (Å²) < 4.78 is 7.01. The predicted octanol–water partition coefficient (Wildman–Crippen LogP) is 1.59. The number of nitrogens with one attached hydrogen (secondary N) is 1. The SMILES string of the molecule is CNC(CCc1ccnn1C)Cc1ccc(OC)nc1. The van der Waals surface area contributed by atoms with Crippen molar-refractivity contribution in [1.29, 1.82) is 0 Å². The smallest absolute Gasteiger partial charge is 0.212 e. The molecular weight excluding hydrogens is 252 g/mol. The summed E-state index contributed by atoms with van der Waals surface area (Å²) in [6.45, 7) is 0. The van der Waals surface area contributed by atoms with Gasteiger partial charge in [-0.15, -0.1) is 0 Å². The number of hydrogen-bond donors (Lipinski definition) is 1. The highest BCUT2D eigenvalue weighted by Crippen LogP contribution is 2.11. The van der Waals surface area contributed by atoms with Gasteiger partial charge < -0.3 is 10.1 Å². The lowest BCUT2D eigenvalue weighted by Gasteiger charge is -2.16. The molecule has 0 aliphatic rings. The molecule has 0 radical (unpaired) electrons. The van der Waals surface area contributed by atoms with Gasteiger partial charge in [0.05, 0.1) is 7.11 Å². The van der Waals surface area contributed by atoms with Crippen molar-refractivity contribution in [1.82, 2.24) is 20.1 Å². The summed E-state index contributed by atoms with van der Waals surface area (Å²) in [5, 5.41) is 7.57. The number of rotatable bonds is 7. The van der Waals surface area contributed by atoms with E-state index in [1.54, 1.807) is 7.11 Å². The Balaban J connectivity index is 1.89. The fraction of sp³-hybridized carbons (Fsp3) is 0.467. The van der Waals surface area contributed by atoms with Crippen LogP contribution in [0.2, 0.25) is 0 Å². The number of hydrogen-bond acceptors (Lipinski definition) is 4.